The van der Waals surface area contributed by atoms with Crippen LogP contribution in [0.5, 0.6) is 5.75 Å². The molecule has 1 aromatic carbocycles. The maximum absolute atomic E-state index is 11.5. The second-order valence-electron chi connectivity index (χ2n) is 3.29. The van der Waals surface area contributed by atoms with Crippen molar-refractivity contribution in [1.29, 1.82) is 0 Å². The molecule has 0 saturated carbocycles. The minimum Gasteiger partial charge on any atom is -0.495 e. The zero-order valence-corrected chi connectivity index (χ0v) is 9.74. The van der Waals surface area contributed by atoms with Crippen LogP contribution < -0.4 is 4.74 Å². The van der Waals surface area contributed by atoms with E-state index in [-0.39, 0.29) is 22.6 Å². The van der Waals surface area contributed by atoms with Gasteiger partial charge in [-0.15, -0.1) is 0 Å². The molecule has 0 aromatic heterocycles. The molecule has 0 bridgehead atoms. The fraction of sp³-hybridized carbons (Fsp3) is 0.300. The third kappa shape index (κ3) is 2.73. The van der Waals surface area contributed by atoms with Crippen molar-refractivity contribution < 1.29 is 23.1 Å². The van der Waals surface area contributed by atoms with Gasteiger partial charge >= 0.3 is 5.97 Å². The number of rotatable bonds is 4. The molecule has 0 radical (unpaired) electrons. The Morgan fingerprint density at radius 1 is 1.44 bits per heavy atom. The smallest absolute Gasteiger partial charge is 0.307 e. The second kappa shape index (κ2) is 4.52. The Hall–Kier alpha value is -1.56. The monoisotopic (exact) mass is 244 g/mol. The standard InChI is InChI=1S/C10H12O5S/c1-15-8-5-3-4-7(6-9(11)12)10(8)16(2,13)14/h3-5H,6H2,1-2H3,(H,11,12). The van der Waals surface area contributed by atoms with Gasteiger partial charge in [0.25, 0.3) is 0 Å². The number of carbonyl (C=O) groups is 1. The van der Waals surface area contributed by atoms with Crippen molar-refractivity contribution in [3.05, 3.63) is 23.8 Å². The minimum atomic E-state index is -3.51. The highest BCUT2D eigenvalue weighted by Crippen LogP contribution is 2.27. The van der Waals surface area contributed by atoms with Crippen molar-refractivity contribution in [2.75, 3.05) is 13.4 Å². The molecule has 0 atom stereocenters. The number of hydrogen-bond acceptors (Lipinski definition) is 4. The Bertz CT molecular complexity index is 504. The SMILES string of the molecule is COc1cccc(CC(=O)O)c1S(C)(=O)=O. The molecule has 0 unspecified atom stereocenters. The molecule has 0 spiro atoms. The van der Waals surface area contributed by atoms with Crippen LogP contribution in [0.15, 0.2) is 23.1 Å². The van der Waals surface area contributed by atoms with Crippen LogP contribution in [0.2, 0.25) is 0 Å². The summed E-state index contributed by atoms with van der Waals surface area (Å²) >= 11 is 0. The fourth-order valence-corrected chi connectivity index (χ4v) is 2.58. The third-order valence-electron chi connectivity index (χ3n) is 1.99. The Kier molecular flexibility index (Phi) is 3.54. The molecule has 0 aliphatic rings. The minimum absolute atomic E-state index is 0.0556. The first kappa shape index (κ1) is 12.5. The van der Waals surface area contributed by atoms with Crippen molar-refractivity contribution in [3.63, 3.8) is 0 Å². The summed E-state index contributed by atoms with van der Waals surface area (Å²) < 4.78 is 28.0. The number of ether oxygens (including phenoxy) is 1. The number of aliphatic carboxylic acids is 1. The Balaban J connectivity index is 3.44. The van der Waals surface area contributed by atoms with Crippen molar-refractivity contribution >= 4 is 15.8 Å². The van der Waals surface area contributed by atoms with Gasteiger partial charge in [-0.2, -0.15) is 0 Å². The number of hydrogen-bond donors (Lipinski definition) is 1. The summed E-state index contributed by atoms with van der Waals surface area (Å²) in [6.07, 6.45) is 0.676. The Labute approximate surface area is 93.6 Å². The normalized spacial score (nSPS) is 11.1. The molecule has 88 valence electrons. The van der Waals surface area contributed by atoms with Gasteiger partial charge in [0.1, 0.15) is 10.6 Å². The van der Waals surface area contributed by atoms with Crippen molar-refractivity contribution in [2.45, 2.75) is 11.3 Å². The second-order valence-corrected chi connectivity index (χ2v) is 5.24. The molecule has 0 aliphatic carbocycles. The van der Waals surface area contributed by atoms with Crippen LogP contribution >= 0.6 is 0 Å². The van der Waals surface area contributed by atoms with Gasteiger partial charge in [0.05, 0.1) is 13.5 Å². The molecule has 0 heterocycles. The molecule has 1 N–H and O–H groups in total. The topological polar surface area (TPSA) is 80.7 Å². The largest absolute Gasteiger partial charge is 0.495 e. The maximum atomic E-state index is 11.5. The zero-order valence-electron chi connectivity index (χ0n) is 8.93. The van der Waals surface area contributed by atoms with Crippen LogP contribution in [0.25, 0.3) is 0 Å². The lowest BCUT2D eigenvalue weighted by Crippen LogP contribution is -2.09. The van der Waals surface area contributed by atoms with Crippen molar-refractivity contribution in [1.82, 2.24) is 0 Å². The number of methoxy groups -OCH3 is 1. The predicted octanol–water partition coefficient (Wildman–Crippen LogP) is 0.726. The average molecular weight is 244 g/mol. The van der Waals surface area contributed by atoms with E-state index in [1.165, 1.54) is 19.2 Å². The van der Waals surface area contributed by atoms with Crippen LogP contribution in [0.1, 0.15) is 5.56 Å². The first-order valence-corrected chi connectivity index (χ1v) is 6.33. The summed E-state index contributed by atoms with van der Waals surface area (Å²) in [7, 11) is -2.17. The van der Waals surface area contributed by atoms with Gasteiger partial charge in [-0.3, -0.25) is 4.79 Å². The first-order valence-electron chi connectivity index (χ1n) is 4.44. The van der Waals surface area contributed by atoms with E-state index < -0.39 is 15.8 Å². The van der Waals surface area contributed by atoms with Gasteiger partial charge in [-0.1, -0.05) is 12.1 Å². The van der Waals surface area contributed by atoms with E-state index in [1.807, 2.05) is 0 Å². The third-order valence-corrected chi connectivity index (χ3v) is 3.20. The Morgan fingerprint density at radius 2 is 2.06 bits per heavy atom. The highest BCUT2D eigenvalue weighted by molar-refractivity contribution is 7.90. The van der Waals surface area contributed by atoms with E-state index in [4.69, 9.17) is 9.84 Å². The number of sulfone groups is 1. The van der Waals surface area contributed by atoms with Crippen LogP contribution in [0.3, 0.4) is 0 Å². The lowest BCUT2D eigenvalue weighted by Gasteiger charge is -2.10. The number of carboxylic acid groups (broad SMARTS) is 1. The molecular weight excluding hydrogens is 232 g/mol. The van der Waals surface area contributed by atoms with Gasteiger partial charge < -0.3 is 9.84 Å². The van der Waals surface area contributed by atoms with E-state index >= 15 is 0 Å². The molecule has 1 aromatic rings. The Morgan fingerprint density at radius 3 is 2.50 bits per heavy atom. The molecule has 1 rings (SSSR count). The van der Waals surface area contributed by atoms with Crippen LogP contribution in [-0.2, 0) is 21.1 Å². The summed E-state index contributed by atoms with van der Waals surface area (Å²) in [6.45, 7) is 0. The molecule has 0 aliphatic heterocycles. The van der Waals surface area contributed by atoms with Crippen LogP contribution in [-0.4, -0.2) is 32.9 Å². The highest BCUT2D eigenvalue weighted by atomic mass is 32.2. The molecule has 16 heavy (non-hydrogen) atoms. The lowest BCUT2D eigenvalue weighted by molar-refractivity contribution is -0.136. The van der Waals surface area contributed by atoms with E-state index in [9.17, 15) is 13.2 Å². The van der Waals surface area contributed by atoms with Gasteiger partial charge in [0.2, 0.25) is 0 Å². The summed E-state index contributed by atoms with van der Waals surface area (Å²) in [5, 5.41) is 8.69. The van der Waals surface area contributed by atoms with E-state index in [1.54, 1.807) is 6.07 Å². The maximum Gasteiger partial charge on any atom is 0.307 e. The number of benzene rings is 1. The van der Waals surface area contributed by atoms with E-state index in [0.29, 0.717) is 0 Å². The van der Waals surface area contributed by atoms with E-state index in [2.05, 4.69) is 0 Å². The highest BCUT2D eigenvalue weighted by Gasteiger charge is 2.20. The molecule has 5 nitrogen and oxygen atoms in total. The molecule has 0 saturated heterocycles. The van der Waals surface area contributed by atoms with Gasteiger partial charge in [-0.25, -0.2) is 8.42 Å². The molecular formula is C10H12O5S. The fourth-order valence-electron chi connectivity index (χ4n) is 1.45. The average Bonchev–Trinajstić information content (AvgIpc) is 2.14. The van der Waals surface area contributed by atoms with Crippen LogP contribution in [0, 0.1) is 0 Å². The van der Waals surface area contributed by atoms with Crippen LogP contribution in [0.4, 0.5) is 0 Å². The number of carboxylic acids is 1. The van der Waals surface area contributed by atoms with Gasteiger partial charge in [0, 0.05) is 6.26 Å². The van der Waals surface area contributed by atoms with Crippen molar-refractivity contribution in [2.24, 2.45) is 0 Å². The van der Waals surface area contributed by atoms with E-state index in [0.717, 1.165) is 6.26 Å². The zero-order chi connectivity index (χ0) is 12.3. The lowest BCUT2D eigenvalue weighted by atomic mass is 10.1. The van der Waals surface area contributed by atoms with Crippen molar-refractivity contribution in [3.8, 4) is 5.75 Å². The summed E-state index contributed by atoms with van der Waals surface area (Å²) in [6, 6.07) is 4.51. The summed E-state index contributed by atoms with van der Waals surface area (Å²) in [5.41, 5.74) is 0.231. The first-order chi connectivity index (χ1) is 7.36. The van der Waals surface area contributed by atoms with Gasteiger partial charge in [0.15, 0.2) is 9.84 Å². The molecule has 0 fully saturated rings. The summed E-state index contributed by atoms with van der Waals surface area (Å²) in [4.78, 5) is 10.6. The quantitative estimate of drug-likeness (QED) is 0.844. The summed E-state index contributed by atoms with van der Waals surface area (Å²) in [5.74, 6) is -0.917. The molecule has 6 heteroatoms. The molecule has 0 amide bonds. The van der Waals surface area contributed by atoms with Gasteiger partial charge in [-0.05, 0) is 11.6 Å². The predicted molar refractivity (Wildman–Crippen MR) is 57.4 cm³/mol.